The van der Waals surface area contributed by atoms with E-state index in [4.69, 9.17) is 31.2 Å². The highest BCUT2D eigenvalue weighted by molar-refractivity contribution is 6.33. The van der Waals surface area contributed by atoms with E-state index in [0.29, 0.717) is 43.4 Å². The third kappa shape index (κ3) is 4.47. The van der Waals surface area contributed by atoms with Crippen LogP contribution < -0.4 is 31.4 Å². The normalized spacial score (nSPS) is 12.5. The summed E-state index contributed by atoms with van der Waals surface area (Å²) >= 11 is 6.32. The Hall–Kier alpha value is -3.66. The van der Waals surface area contributed by atoms with Crippen LogP contribution >= 0.6 is 11.6 Å². The molecule has 1 aliphatic rings. The Morgan fingerprint density at radius 3 is 2.79 bits per heavy atom. The molecule has 3 N–H and O–H groups in total. The Kier molecular flexibility index (Phi) is 6.45. The zero-order chi connectivity index (χ0) is 23.5. The molecule has 1 aromatic carbocycles. The van der Waals surface area contributed by atoms with Crippen LogP contribution in [0.25, 0.3) is 0 Å². The number of hydrogen-bond acceptors (Lipinski definition) is 7. The van der Waals surface area contributed by atoms with Gasteiger partial charge in [0, 0.05) is 12.1 Å². The van der Waals surface area contributed by atoms with Crippen LogP contribution in [0, 0.1) is 0 Å². The number of furan rings is 1. The number of benzene rings is 1. The van der Waals surface area contributed by atoms with Gasteiger partial charge >= 0.3 is 5.69 Å². The number of nitrogens with one attached hydrogen (secondary N) is 1. The Morgan fingerprint density at radius 1 is 1.27 bits per heavy atom. The average molecular weight is 475 g/mol. The SMILES string of the molecule is CCCCn1c(N)c(N(Cc2ccco2)C(=O)c2cc(Cl)c3c(c2)OCCO3)c(=O)[nH]c1=O. The van der Waals surface area contributed by atoms with E-state index in [1.165, 1.54) is 23.0 Å². The van der Waals surface area contributed by atoms with Crippen LogP contribution in [0.3, 0.4) is 0 Å². The monoisotopic (exact) mass is 474 g/mol. The molecule has 4 rings (SSSR count). The molecule has 3 aromatic rings. The molecule has 0 bridgehead atoms. The number of carbonyl (C=O) groups is 1. The molecule has 0 atom stereocenters. The summed E-state index contributed by atoms with van der Waals surface area (Å²) < 4.78 is 17.7. The molecule has 11 heteroatoms. The summed E-state index contributed by atoms with van der Waals surface area (Å²) in [7, 11) is 0. The smallest absolute Gasteiger partial charge is 0.330 e. The van der Waals surface area contributed by atoms with Gasteiger partial charge in [0.15, 0.2) is 17.2 Å². The zero-order valence-corrected chi connectivity index (χ0v) is 18.7. The molecule has 0 unspecified atom stereocenters. The lowest BCUT2D eigenvalue weighted by Gasteiger charge is -2.25. The largest absolute Gasteiger partial charge is 0.486 e. The van der Waals surface area contributed by atoms with Gasteiger partial charge in [0.1, 0.15) is 24.8 Å². The molecular weight excluding hydrogens is 452 g/mol. The maximum atomic E-state index is 13.7. The molecule has 0 fully saturated rings. The number of halogens is 1. The van der Waals surface area contributed by atoms with E-state index in [1.54, 1.807) is 12.1 Å². The molecule has 0 saturated heterocycles. The van der Waals surface area contributed by atoms with Crippen molar-refractivity contribution in [2.45, 2.75) is 32.9 Å². The van der Waals surface area contributed by atoms with Gasteiger partial charge in [-0.25, -0.2) is 4.79 Å². The summed E-state index contributed by atoms with van der Waals surface area (Å²) in [6, 6.07) is 6.25. The summed E-state index contributed by atoms with van der Waals surface area (Å²) in [5, 5.41) is 0.197. The number of rotatable bonds is 7. The maximum Gasteiger partial charge on any atom is 0.330 e. The lowest BCUT2D eigenvalue weighted by Crippen LogP contribution is -2.41. The predicted molar refractivity (Wildman–Crippen MR) is 122 cm³/mol. The van der Waals surface area contributed by atoms with E-state index in [2.05, 4.69) is 4.98 Å². The standard InChI is InChI=1S/C22H23ClN4O6/c1-2-3-6-26-19(24)17(20(28)25-22(26)30)27(12-14-5-4-7-31-14)21(29)13-10-15(23)18-16(11-13)32-8-9-33-18/h4-5,7,10-11H,2-3,6,8-9,12,24H2,1H3,(H,25,28,30). The second-order valence-corrected chi connectivity index (χ2v) is 7.86. The van der Waals surface area contributed by atoms with Gasteiger partial charge < -0.3 is 19.6 Å². The van der Waals surface area contributed by atoms with Crippen molar-refractivity contribution < 1.29 is 18.7 Å². The Balaban J connectivity index is 1.83. The van der Waals surface area contributed by atoms with Crippen molar-refractivity contribution in [2.24, 2.45) is 0 Å². The molecule has 0 saturated carbocycles. The molecule has 1 aliphatic heterocycles. The van der Waals surface area contributed by atoms with E-state index in [0.717, 1.165) is 11.3 Å². The topological polar surface area (TPSA) is 133 Å². The second-order valence-electron chi connectivity index (χ2n) is 7.45. The summed E-state index contributed by atoms with van der Waals surface area (Å²) in [5.41, 5.74) is 4.84. The first kappa shape index (κ1) is 22.5. The molecule has 10 nitrogen and oxygen atoms in total. The molecule has 33 heavy (non-hydrogen) atoms. The summed E-state index contributed by atoms with van der Waals surface area (Å²) in [4.78, 5) is 42.3. The van der Waals surface area contributed by atoms with Crippen molar-refractivity contribution in [1.29, 1.82) is 0 Å². The predicted octanol–water partition coefficient (Wildman–Crippen LogP) is 2.78. The molecule has 0 radical (unpaired) electrons. The molecule has 1 amide bonds. The molecular formula is C22H23ClN4O6. The van der Waals surface area contributed by atoms with E-state index >= 15 is 0 Å². The number of aromatic nitrogens is 2. The highest BCUT2D eigenvalue weighted by Gasteiger charge is 2.28. The third-order valence-corrected chi connectivity index (χ3v) is 5.48. The quantitative estimate of drug-likeness (QED) is 0.537. The first-order valence-corrected chi connectivity index (χ1v) is 10.8. The average Bonchev–Trinajstić information content (AvgIpc) is 3.31. The Bertz CT molecular complexity index is 1280. The molecule has 0 spiro atoms. The van der Waals surface area contributed by atoms with Crippen LogP contribution in [0.5, 0.6) is 11.5 Å². The Morgan fingerprint density at radius 2 is 2.06 bits per heavy atom. The van der Waals surface area contributed by atoms with E-state index < -0.39 is 17.2 Å². The van der Waals surface area contributed by atoms with E-state index in [1.807, 2.05) is 6.92 Å². The number of carbonyl (C=O) groups excluding carboxylic acids is 1. The minimum atomic E-state index is -0.784. The number of ether oxygens (including phenoxy) is 2. The van der Waals surface area contributed by atoms with Crippen LogP contribution in [0.4, 0.5) is 11.5 Å². The van der Waals surface area contributed by atoms with Gasteiger partial charge in [-0.05, 0) is 30.7 Å². The van der Waals surface area contributed by atoms with Gasteiger partial charge in [0.25, 0.3) is 11.5 Å². The molecule has 3 heterocycles. The Labute approximate surface area is 193 Å². The van der Waals surface area contributed by atoms with Gasteiger partial charge in [0.2, 0.25) is 0 Å². The van der Waals surface area contributed by atoms with Crippen LogP contribution in [0.2, 0.25) is 5.02 Å². The van der Waals surface area contributed by atoms with Crippen LogP contribution in [0.1, 0.15) is 35.9 Å². The number of fused-ring (bicyclic) bond motifs is 1. The van der Waals surface area contributed by atoms with Crippen molar-refractivity contribution in [3.05, 3.63) is 67.7 Å². The highest BCUT2D eigenvalue weighted by Crippen LogP contribution is 2.39. The lowest BCUT2D eigenvalue weighted by atomic mass is 10.1. The number of hydrogen-bond donors (Lipinski definition) is 2. The van der Waals surface area contributed by atoms with Crippen molar-refractivity contribution in [2.75, 3.05) is 23.8 Å². The summed E-state index contributed by atoms with van der Waals surface area (Å²) in [5.74, 6) is 0.397. The first-order chi connectivity index (χ1) is 15.9. The van der Waals surface area contributed by atoms with Gasteiger partial charge in [-0.1, -0.05) is 24.9 Å². The molecule has 2 aromatic heterocycles. The van der Waals surface area contributed by atoms with Crippen LogP contribution in [-0.2, 0) is 13.1 Å². The number of H-pyrrole nitrogens is 1. The summed E-state index contributed by atoms with van der Waals surface area (Å²) in [6.07, 6.45) is 2.93. The number of nitrogen functional groups attached to an aromatic ring is 1. The lowest BCUT2D eigenvalue weighted by molar-refractivity contribution is 0.0981. The van der Waals surface area contributed by atoms with Crippen molar-refractivity contribution in [3.8, 4) is 11.5 Å². The maximum absolute atomic E-state index is 13.7. The third-order valence-electron chi connectivity index (χ3n) is 5.20. The van der Waals surface area contributed by atoms with Crippen molar-refractivity contribution >= 4 is 29.0 Å². The van der Waals surface area contributed by atoms with Gasteiger partial charge in [-0.2, -0.15) is 0 Å². The molecule has 174 valence electrons. The fourth-order valence-electron chi connectivity index (χ4n) is 3.58. The summed E-state index contributed by atoms with van der Waals surface area (Å²) in [6.45, 7) is 2.81. The molecule has 0 aliphatic carbocycles. The van der Waals surface area contributed by atoms with E-state index in [-0.39, 0.29) is 28.6 Å². The number of unbranched alkanes of at least 4 members (excludes halogenated alkanes) is 1. The number of aromatic amines is 1. The van der Waals surface area contributed by atoms with Crippen LogP contribution in [-0.4, -0.2) is 28.7 Å². The van der Waals surface area contributed by atoms with E-state index in [9.17, 15) is 14.4 Å². The second kappa shape index (κ2) is 9.45. The highest BCUT2D eigenvalue weighted by atomic mass is 35.5. The zero-order valence-electron chi connectivity index (χ0n) is 17.9. The number of amides is 1. The number of anilines is 2. The minimum Gasteiger partial charge on any atom is -0.486 e. The van der Waals surface area contributed by atoms with Crippen molar-refractivity contribution in [3.63, 3.8) is 0 Å². The van der Waals surface area contributed by atoms with Crippen LogP contribution in [0.15, 0.2) is 44.5 Å². The van der Waals surface area contributed by atoms with Gasteiger partial charge in [-0.15, -0.1) is 0 Å². The minimum absolute atomic E-state index is 0.100. The fraction of sp³-hybridized carbons (Fsp3) is 0.318. The number of nitrogens with two attached hydrogens (primary N) is 1. The first-order valence-electron chi connectivity index (χ1n) is 10.5. The van der Waals surface area contributed by atoms with Crippen molar-refractivity contribution in [1.82, 2.24) is 9.55 Å². The van der Waals surface area contributed by atoms with Gasteiger partial charge in [-0.3, -0.25) is 24.0 Å². The van der Waals surface area contributed by atoms with Gasteiger partial charge in [0.05, 0.1) is 17.8 Å². The number of nitrogens with zero attached hydrogens (tertiary/aromatic N) is 2. The fourth-order valence-corrected chi connectivity index (χ4v) is 3.84.